The van der Waals surface area contributed by atoms with E-state index in [2.05, 4.69) is 22.8 Å². The molecule has 1 unspecified atom stereocenters. The second-order valence-corrected chi connectivity index (χ2v) is 6.09. The maximum absolute atomic E-state index is 12.1. The van der Waals surface area contributed by atoms with Crippen LogP contribution in [-0.2, 0) is 11.2 Å². The zero-order valence-electron chi connectivity index (χ0n) is 11.0. The molecule has 1 aliphatic rings. The van der Waals surface area contributed by atoms with Crippen molar-refractivity contribution in [3.05, 3.63) is 22.4 Å². The van der Waals surface area contributed by atoms with Crippen molar-refractivity contribution in [2.75, 3.05) is 26.7 Å². The minimum atomic E-state index is 0.292. The molecule has 1 N–H and O–H groups in total. The molecule has 0 radical (unpaired) electrons. The van der Waals surface area contributed by atoms with E-state index in [1.165, 1.54) is 17.7 Å². The van der Waals surface area contributed by atoms with Crippen LogP contribution in [0.2, 0.25) is 0 Å². The molecule has 1 atom stereocenters. The minimum Gasteiger partial charge on any atom is -0.345 e. The molecule has 1 aliphatic heterocycles. The van der Waals surface area contributed by atoms with Crippen LogP contribution in [0.3, 0.4) is 0 Å². The average molecular weight is 266 g/mol. The molecule has 2 heterocycles. The van der Waals surface area contributed by atoms with Gasteiger partial charge in [0.15, 0.2) is 0 Å². The summed E-state index contributed by atoms with van der Waals surface area (Å²) in [5.41, 5.74) is 0. The molecule has 18 heavy (non-hydrogen) atoms. The van der Waals surface area contributed by atoms with E-state index in [1.807, 2.05) is 11.9 Å². The predicted molar refractivity (Wildman–Crippen MR) is 75.9 cm³/mol. The van der Waals surface area contributed by atoms with Crippen molar-refractivity contribution in [1.29, 1.82) is 0 Å². The highest BCUT2D eigenvalue weighted by Crippen LogP contribution is 2.15. The SMILES string of the molecule is CN(CCc1cccs1)C(=O)CC1CCCNC1. The lowest BCUT2D eigenvalue weighted by atomic mass is 9.95. The highest BCUT2D eigenvalue weighted by molar-refractivity contribution is 7.09. The maximum atomic E-state index is 12.1. The first-order valence-electron chi connectivity index (χ1n) is 6.73. The Bertz CT molecular complexity index is 358. The van der Waals surface area contributed by atoms with E-state index in [0.717, 1.165) is 26.1 Å². The molecule has 2 rings (SSSR count). The second kappa shape index (κ2) is 6.90. The fourth-order valence-corrected chi connectivity index (χ4v) is 3.06. The average Bonchev–Trinajstić information content (AvgIpc) is 2.90. The van der Waals surface area contributed by atoms with Gasteiger partial charge in [0.2, 0.25) is 5.91 Å². The number of nitrogens with zero attached hydrogens (tertiary/aromatic N) is 1. The fourth-order valence-electron chi connectivity index (χ4n) is 2.36. The van der Waals surface area contributed by atoms with Crippen LogP contribution in [0.4, 0.5) is 0 Å². The van der Waals surface area contributed by atoms with Crippen LogP contribution in [-0.4, -0.2) is 37.5 Å². The van der Waals surface area contributed by atoms with Crippen molar-refractivity contribution >= 4 is 17.2 Å². The third kappa shape index (κ3) is 4.10. The predicted octanol–water partition coefficient (Wildman–Crippen LogP) is 2.14. The molecule has 1 amide bonds. The first-order valence-corrected chi connectivity index (χ1v) is 7.60. The van der Waals surface area contributed by atoms with Crippen LogP contribution in [0.25, 0.3) is 0 Å². The van der Waals surface area contributed by atoms with E-state index in [4.69, 9.17) is 0 Å². The Kier molecular flexibility index (Phi) is 5.20. The number of hydrogen-bond acceptors (Lipinski definition) is 3. The summed E-state index contributed by atoms with van der Waals surface area (Å²) >= 11 is 1.76. The van der Waals surface area contributed by atoms with Crippen LogP contribution in [0, 0.1) is 5.92 Å². The van der Waals surface area contributed by atoms with Crippen molar-refractivity contribution in [2.24, 2.45) is 5.92 Å². The standard InChI is InChI=1S/C14H22N2OS/c1-16(8-6-13-5-3-9-18-13)14(17)10-12-4-2-7-15-11-12/h3,5,9,12,15H,2,4,6-8,10-11H2,1H3. The van der Waals surface area contributed by atoms with Gasteiger partial charge in [0.1, 0.15) is 0 Å². The number of carbonyl (C=O) groups excluding carboxylic acids is 1. The van der Waals surface area contributed by atoms with E-state index in [1.54, 1.807) is 11.3 Å². The highest BCUT2D eigenvalue weighted by atomic mass is 32.1. The summed E-state index contributed by atoms with van der Waals surface area (Å²) in [4.78, 5) is 15.3. The van der Waals surface area contributed by atoms with Gasteiger partial charge < -0.3 is 10.2 Å². The zero-order chi connectivity index (χ0) is 12.8. The number of piperidine rings is 1. The first-order chi connectivity index (χ1) is 8.75. The van der Waals surface area contributed by atoms with E-state index in [0.29, 0.717) is 18.2 Å². The quantitative estimate of drug-likeness (QED) is 0.885. The third-order valence-electron chi connectivity index (χ3n) is 3.56. The summed E-state index contributed by atoms with van der Waals surface area (Å²) in [6, 6.07) is 4.20. The summed E-state index contributed by atoms with van der Waals surface area (Å²) < 4.78 is 0. The van der Waals surface area contributed by atoms with Gasteiger partial charge in [-0.1, -0.05) is 6.07 Å². The second-order valence-electron chi connectivity index (χ2n) is 5.06. The molecule has 0 bridgehead atoms. The van der Waals surface area contributed by atoms with Crippen LogP contribution >= 0.6 is 11.3 Å². The number of amides is 1. The molecule has 1 aromatic rings. The summed E-state index contributed by atoms with van der Waals surface area (Å²) in [6.07, 6.45) is 4.07. The molecule has 0 aliphatic carbocycles. The molecule has 0 aromatic carbocycles. The van der Waals surface area contributed by atoms with Gasteiger partial charge in [-0.25, -0.2) is 0 Å². The Morgan fingerprint density at radius 2 is 2.50 bits per heavy atom. The van der Waals surface area contributed by atoms with E-state index >= 15 is 0 Å². The van der Waals surface area contributed by atoms with Crippen LogP contribution < -0.4 is 5.32 Å². The first kappa shape index (κ1) is 13.6. The molecule has 4 heteroatoms. The summed E-state index contributed by atoms with van der Waals surface area (Å²) in [5, 5.41) is 5.45. The number of thiophene rings is 1. The molecular weight excluding hydrogens is 244 g/mol. The molecule has 1 saturated heterocycles. The van der Waals surface area contributed by atoms with Crippen LogP contribution in [0.15, 0.2) is 17.5 Å². The molecule has 0 spiro atoms. The van der Waals surface area contributed by atoms with E-state index < -0.39 is 0 Å². The largest absolute Gasteiger partial charge is 0.345 e. The smallest absolute Gasteiger partial charge is 0.222 e. The van der Waals surface area contributed by atoms with Gasteiger partial charge in [-0.15, -0.1) is 11.3 Å². The lowest BCUT2D eigenvalue weighted by Gasteiger charge is -2.25. The number of hydrogen-bond donors (Lipinski definition) is 1. The Hall–Kier alpha value is -0.870. The maximum Gasteiger partial charge on any atom is 0.222 e. The Morgan fingerprint density at radius 1 is 1.61 bits per heavy atom. The number of nitrogens with one attached hydrogen (secondary N) is 1. The van der Waals surface area contributed by atoms with Crippen molar-refractivity contribution in [3.8, 4) is 0 Å². The van der Waals surface area contributed by atoms with Crippen LogP contribution in [0.5, 0.6) is 0 Å². The Balaban J connectivity index is 1.70. The minimum absolute atomic E-state index is 0.292. The number of carbonyl (C=O) groups is 1. The summed E-state index contributed by atoms with van der Waals surface area (Å²) in [6.45, 7) is 2.95. The van der Waals surface area contributed by atoms with Gasteiger partial charge >= 0.3 is 0 Å². The van der Waals surface area contributed by atoms with Crippen molar-refractivity contribution in [2.45, 2.75) is 25.7 Å². The van der Waals surface area contributed by atoms with Crippen molar-refractivity contribution in [3.63, 3.8) is 0 Å². The Labute approximate surface area is 113 Å². The normalized spacial score (nSPS) is 19.7. The molecule has 1 aromatic heterocycles. The molecule has 100 valence electrons. The molecular formula is C14H22N2OS. The topological polar surface area (TPSA) is 32.3 Å². The van der Waals surface area contributed by atoms with E-state index in [9.17, 15) is 4.79 Å². The van der Waals surface area contributed by atoms with Gasteiger partial charge in [0, 0.05) is 24.9 Å². The van der Waals surface area contributed by atoms with Gasteiger partial charge in [0.25, 0.3) is 0 Å². The fraction of sp³-hybridized carbons (Fsp3) is 0.643. The van der Waals surface area contributed by atoms with Gasteiger partial charge in [-0.2, -0.15) is 0 Å². The number of likely N-dealkylation sites (N-methyl/N-ethyl adjacent to an activating group) is 1. The third-order valence-corrected chi connectivity index (χ3v) is 4.50. The number of rotatable bonds is 5. The lowest BCUT2D eigenvalue weighted by Crippen LogP contribution is -2.35. The summed E-state index contributed by atoms with van der Waals surface area (Å²) in [7, 11) is 1.92. The highest BCUT2D eigenvalue weighted by Gasteiger charge is 2.18. The molecule has 3 nitrogen and oxygen atoms in total. The van der Waals surface area contributed by atoms with Gasteiger partial charge in [-0.3, -0.25) is 4.79 Å². The van der Waals surface area contributed by atoms with E-state index in [-0.39, 0.29) is 0 Å². The summed E-state index contributed by atoms with van der Waals surface area (Å²) in [5.74, 6) is 0.829. The lowest BCUT2D eigenvalue weighted by molar-refractivity contribution is -0.131. The molecule has 1 fully saturated rings. The molecule has 0 saturated carbocycles. The van der Waals surface area contributed by atoms with Crippen molar-refractivity contribution in [1.82, 2.24) is 10.2 Å². The van der Waals surface area contributed by atoms with Gasteiger partial charge in [0.05, 0.1) is 0 Å². The zero-order valence-corrected chi connectivity index (χ0v) is 11.8. The Morgan fingerprint density at radius 3 is 3.17 bits per heavy atom. The van der Waals surface area contributed by atoms with Gasteiger partial charge in [-0.05, 0) is 49.7 Å². The van der Waals surface area contributed by atoms with Crippen LogP contribution in [0.1, 0.15) is 24.1 Å². The van der Waals surface area contributed by atoms with Crippen molar-refractivity contribution < 1.29 is 4.79 Å². The monoisotopic (exact) mass is 266 g/mol.